The van der Waals surface area contributed by atoms with E-state index >= 15 is 0 Å². The van der Waals surface area contributed by atoms with Gasteiger partial charge in [-0.2, -0.15) is 0 Å². The van der Waals surface area contributed by atoms with Crippen molar-refractivity contribution >= 4 is 34.8 Å². The van der Waals surface area contributed by atoms with Crippen molar-refractivity contribution in [3.05, 3.63) is 63.6 Å². The van der Waals surface area contributed by atoms with Crippen LogP contribution >= 0.6 is 23.2 Å². The van der Waals surface area contributed by atoms with Gasteiger partial charge in [0.2, 0.25) is 0 Å². The molecule has 0 fully saturated rings. The van der Waals surface area contributed by atoms with E-state index in [9.17, 15) is 4.79 Å². The van der Waals surface area contributed by atoms with Gasteiger partial charge in [-0.1, -0.05) is 47.5 Å². The highest BCUT2D eigenvalue weighted by Crippen LogP contribution is 2.25. The van der Waals surface area contributed by atoms with E-state index < -0.39 is 0 Å². The average Bonchev–Trinajstić information content (AvgIpc) is 2.38. The molecule has 5 heteroatoms. The largest absolute Gasteiger partial charge is 0.398 e. The molecule has 3 N–H and O–H groups in total. The smallest absolute Gasteiger partial charge is 0.255 e. The minimum absolute atomic E-state index is 0.244. The molecule has 0 aliphatic carbocycles. The highest BCUT2D eigenvalue weighted by atomic mass is 35.5. The van der Waals surface area contributed by atoms with Crippen LogP contribution in [0.15, 0.2) is 42.5 Å². The van der Waals surface area contributed by atoms with E-state index in [0.29, 0.717) is 15.7 Å². The Morgan fingerprint density at radius 3 is 2.40 bits per heavy atom. The number of amides is 1. The number of hydrogen-bond donors (Lipinski definition) is 2. The van der Waals surface area contributed by atoms with E-state index in [-0.39, 0.29) is 17.5 Å². The van der Waals surface area contributed by atoms with Crippen molar-refractivity contribution in [2.75, 3.05) is 5.73 Å². The van der Waals surface area contributed by atoms with Crippen LogP contribution in [0.5, 0.6) is 0 Å². The third-order valence-electron chi connectivity index (χ3n) is 2.99. The monoisotopic (exact) mass is 308 g/mol. The Hall–Kier alpha value is -1.71. The first-order chi connectivity index (χ1) is 9.50. The third-order valence-corrected chi connectivity index (χ3v) is 3.65. The van der Waals surface area contributed by atoms with E-state index in [1.54, 1.807) is 24.3 Å². The van der Waals surface area contributed by atoms with E-state index in [4.69, 9.17) is 28.9 Å². The molecular weight excluding hydrogens is 295 g/mol. The van der Waals surface area contributed by atoms with Crippen LogP contribution in [0, 0.1) is 0 Å². The molecule has 2 rings (SSSR count). The Morgan fingerprint density at radius 1 is 1.10 bits per heavy atom. The Balaban J connectivity index is 2.22. The molecule has 0 bridgehead atoms. The van der Waals surface area contributed by atoms with Gasteiger partial charge in [0.25, 0.3) is 5.91 Å². The molecule has 0 aromatic heterocycles. The van der Waals surface area contributed by atoms with Gasteiger partial charge in [-0.15, -0.1) is 0 Å². The second-order valence-corrected chi connectivity index (χ2v) is 5.24. The number of anilines is 1. The van der Waals surface area contributed by atoms with Crippen LogP contribution in [-0.4, -0.2) is 5.91 Å². The quantitative estimate of drug-likeness (QED) is 0.840. The summed E-state index contributed by atoms with van der Waals surface area (Å²) in [5, 5.41) is 3.78. The number of nitrogens with one attached hydrogen (secondary N) is 1. The maximum atomic E-state index is 12.3. The van der Waals surface area contributed by atoms with Gasteiger partial charge in [-0.05, 0) is 30.7 Å². The number of hydrogen-bond acceptors (Lipinski definition) is 2. The second kappa shape index (κ2) is 6.16. The van der Waals surface area contributed by atoms with Crippen LogP contribution < -0.4 is 11.1 Å². The Bertz CT molecular complexity index is 623. The first-order valence-corrected chi connectivity index (χ1v) is 6.85. The van der Waals surface area contributed by atoms with Gasteiger partial charge in [0.05, 0.1) is 16.6 Å². The molecule has 0 spiro atoms. The maximum absolute atomic E-state index is 12.3. The zero-order valence-electron chi connectivity index (χ0n) is 10.9. The van der Waals surface area contributed by atoms with Crippen LogP contribution in [0.2, 0.25) is 10.0 Å². The highest BCUT2D eigenvalue weighted by Gasteiger charge is 2.17. The lowest BCUT2D eigenvalue weighted by molar-refractivity contribution is 0.0941. The van der Waals surface area contributed by atoms with Gasteiger partial charge in [0, 0.05) is 10.7 Å². The van der Waals surface area contributed by atoms with E-state index in [0.717, 1.165) is 5.56 Å². The summed E-state index contributed by atoms with van der Waals surface area (Å²) >= 11 is 12.1. The molecule has 0 aliphatic rings. The van der Waals surface area contributed by atoms with Crippen molar-refractivity contribution in [3.8, 4) is 0 Å². The molecule has 0 saturated heterocycles. The van der Waals surface area contributed by atoms with Crippen molar-refractivity contribution in [2.45, 2.75) is 13.0 Å². The SMILES string of the molecule is CC(NC(=O)c1c(N)cccc1Cl)c1ccccc1Cl. The second-order valence-electron chi connectivity index (χ2n) is 4.42. The van der Waals surface area contributed by atoms with Crippen LogP contribution in [0.3, 0.4) is 0 Å². The molecule has 1 atom stereocenters. The first-order valence-electron chi connectivity index (χ1n) is 6.10. The summed E-state index contributed by atoms with van der Waals surface area (Å²) in [7, 11) is 0. The summed E-state index contributed by atoms with van der Waals surface area (Å²) in [6.07, 6.45) is 0. The predicted octanol–water partition coefficient (Wildman–Crippen LogP) is 4.07. The van der Waals surface area contributed by atoms with Crippen molar-refractivity contribution in [3.63, 3.8) is 0 Å². The molecule has 0 aliphatic heterocycles. The molecular formula is C15H14Cl2N2O. The van der Waals surface area contributed by atoms with E-state index in [2.05, 4.69) is 5.32 Å². The number of nitrogen functional groups attached to an aromatic ring is 1. The van der Waals surface area contributed by atoms with Crippen LogP contribution in [0.1, 0.15) is 28.9 Å². The van der Waals surface area contributed by atoms with Gasteiger partial charge in [-0.25, -0.2) is 0 Å². The number of carbonyl (C=O) groups is 1. The summed E-state index contributed by atoms with van der Waals surface area (Å²) < 4.78 is 0. The lowest BCUT2D eigenvalue weighted by Crippen LogP contribution is -2.27. The van der Waals surface area contributed by atoms with Crippen molar-refractivity contribution in [2.24, 2.45) is 0 Å². The molecule has 0 saturated carbocycles. The Morgan fingerprint density at radius 2 is 1.75 bits per heavy atom. The fourth-order valence-corrected chi connectivity index (χ4v) is 2.52. The average molecular weight is 309 g/mol. The summed E-state index contributed by atoms with van der Waals surface area (Å²) in [5.41, 5.74) is 7.27. The van der Waals surface area contributed by atoms with E-state index in [1.807, 2.05) is 25.1 Å². The summed E-state index contributed by atoms with van der Waals surface area (Å²) in [6, 6.07) is 12.1. The van der Waals surface area contributed by atoms with Gasteiger partial charge in [0.1, 0.15) is 0 Å². The van der Waals surface area contributed by atoms with Crippen LogP contribution in [0.4, 0.5) is 5.69 Å². The predicted molar refractivity (Wildman–Crippen MR) is 83.2 cm³/mol. The number of benzene rings is 2. The fourth-order valence-electron chi connectivity index (χ4n) is 1.95. The molecule has 2 aromatic carbocycles. The molecule has 0 heterocycles. The Kier molecular flexibility index (Phi) is 4.53. The molecule has 2 aromatic rings. The number of halogens is 2. The lowest BCUT2D eigenvalue weighted by Gasteiger charge is -2.17. The lowest BCUT2D eigenvalue weighted by atomic mass is 10.1. The minimum atomic E-state index is -0.319. The fraction of sp³-hybridized carbons (Fsp3) is 0.133. The third kappa shape index (κ3) is 3.06. The van der Waals surface area contributed by atoms with Crippen molar-refractivity contribution < 1.29 is 4.79 Å². The zero-order valence-corrected chi connectivity index (χ0v) is 12.4. The summed E-state index contributed by atoms with van der Waals surface area (Å²) in [5.74, 6) is -0.319. The first kappa shape index (κ1) is 14.7. The van der Waals surface area contributed by atoms with E-state index in [1.165, 1.54) is 0 Å². The molecule has 20 heavy (non-hydrogen) atoms. The topological polar surface area (TPSA) is 55.1 Å². The van der Waals surface area contributed by atoms with Crippen LogP contribution in [-0.2, 0) is 0 Å². The highest BCUT2D eigenvalue weighted by molar-refractivity contribution is 6.34. The molecule has 104 valence electrons. The normalized spacial score (nSPS) is 11.9. The Labute approximate surface area is 127 Å². The van der Waals surface area contributed by atoms with Gasteiger partial charge in [0.15, 0.2) is 0 Å². The number of nitrogens with two attached hydrogens (primary N) is 1. The summed E-state index contributed by atoms with van der Waals surface area (Å²) in [6.45, 7) is 1.85. The number of carbonyl (C=O) groups excluding carboxylic acids is 1. The number of rotatable bonds is 3. The standard InChI is InChI=1S/C15H14Cl2N2O/c1-9(10-5-2-3-6-11(10)16)19-15(20)14-12(17)7-4-8-13(14)18/h2-9H,18H2,1H3,(H,19,20). The maximum Gasteiger partial charge on any atom is 0.255 e. The van der Waals surface area contributed by atoms with Gasteiger partial charge in [-0.3, -0.25) is 4.79 Å². The minimum Gasteiger partial charge on any atom is -0.398 e. The molecule has 1 unspecified atom stereocenters. The van der Waals surface area contributed by atoms with Crippen LogP contribution in [0.25, 0.3) is 0 Å². The van der Waals surface area contributed by atoms with Crippen molar-refractivity contribution in [1.29, 1.82) is 0 Å². The van der Waals surface area contributed by atoms with Crippen molar-refractivity contribution in [1.82, 2.24) is 5.32 Å². The molecule has 3 nitrogen and oxygen atoms in total. The molecule has 1 amide bonds. The van der Waals surface area contributed by atoms with Gasteiger partial charge < -0.3 is 11.1 Å². The molecule has 0 radical (unpaired) electrons. The van der Waals surface area contributed by atoms with Gasteiger partial charge >= 0.3 is 0 Å². The summed E-state index contributed by atoms with van der Waals surface area (Å²) in [4.78, 5) is 12.3. The zero-order chi connectivity index (χ0) is 14.7.